The van der Waals surface area contributed by atoms with Gasteiger partial charge in [-0.25, -0.2) is 13.1 Å². The second kappa shape index (κ2) is 7.34. The molecule has 0 atom stereocenters. The monoisotopic (exact) mass is 385 g/mol. The van der Waals surface area contributed by atoms with Gasteiger partial charge in [-0.3, -0.25) is 4.90 Å². The second-order valence-corrected chi connectivity index (χ2v) is 8.65. The number of sulfonamides is 1. The first-order valence-corrected chi connectivity index (χ1v) is 10.5. The number of benzene rings is 2. The summed E-state index contributed by atoms with van der Waals surface area (Å²) < 4.78 is 33.6. The van der Waals surface area contributed by atoms with Crippen molar-refractivity contribution in [3.63, 3.8) is 0 Å². The molecule has 0 spiro atoms. The summed E-state index contributed by atoms with van der Waals surface area (Å²) in [7, 11) is -3.46. The molecule has 1 fully saturated rings. The quantitative estimate of drug-likeness (QED) is 0.655. The standard InChI is InChI=1S/C20H23N3O3S/c1-15-4-2-5-17(12-15)27(24,25)22-16-13-23(14-16)10-11-26-20-7-3-6-19-18(20)8-9-21-19/h2-9,12,16,21-22H,10-11,13-14H2,1H3. The summed E-state index contributed by atoms with van der Waals surface area (Å²) in [5, 5.41) is 1.07. The van der Waals surface area contributed by atoms with E-state index < -0.39 is 10.0 Å². The van der Waals surface area contributed by atoms with Gasteiger partial charge in [0.25, 0.3) is 0 Å². The number of hydrogen-bond donors (Lipinski definition) is 2. The molecule has 0 bridgehead atoms. The van der Waals surface area contributed by atoms with Crippen molar-refractivity contribution in [3.8, 4) is 5.75 Å². The van der Waals surface area contributed by atoms with Crippen molar-refractivity contribution in [1.29, 1.82) is 0 Å². The van der Waals surface area contributed by atoms with Crippen LogP contribution in [-0.2, 0) is 10.0 Å². The van der Waals surface area contributed by atoms with Crippen LogP contribution in [0.5, 0.6) is 5.75 Å². The number of ether oxygens (including phenoxy) is 1. The summed E-state index contributed by atoms with van der Waals surface area (Å²) in [5.74, 6) is 0.867. The molecule has 4 rings (SSSR count). The van der Waals surface area contributed by atoms with Crippen LogP contribution in [0.15, 0.2) is 59.6 Å². The molecule has 7 heteroatoms. The molecule has 0 saturated carbocycles. The first-order valence-electron chi connectivity index (χ1n) is 9.01. The molecule has 1 aliphatic heterocycles. The number of nitrogens with one attached hydrogen (secondary N) is 2. The van der Waals surface area contributed by atoms with Gasteiger partial charge >= 0.3 is 0 Å². The lowest BCUT2D eigenvalue weighted by Crippen LogP contribution is -2.59. The molecule has 0 aliphatic carbocycles. The van der Waals surface area contributed by atoms with Crippen LogP contribution in [0.1, 0.15) is 5.56 Å². The predicted octanol–water partition coefficient (Wildman–Crippen LogP) is 2.52. The number of aromatic amines is 1. The summed E-state index contributed by atoms with van der Waals surface area (Å²) in [6, 6.07) is 14.9. The Hall–Kier alpha value is -2.35. The molecule has 142 valence electrons. The molecular weight excluding hydrogens is 362 g/mol. The summed E-state index contributed by atoms with van der Waals surface area (Å²) in [6.45, 7) is 4.62. The van der Waals surface area contributed by atoms with E-state index >= 15 is 0 Å². The lowest BCUT2D eigenvalue weighted by molar-refractivity contribution is 0.117. The first-order chi connectivity index (χ1) is 13.0. The zero-order valence-electron chi connectivity index (χ0n) is 15.2. The van der Waals surface area contributed by atoms with E-state index in [2.05, 4.69) is 14.6 Å². The average Bonchev–Trinajstić information content (AvgIpc) is 3.09. The van der Waals surface area contributed by atoms with E-state index in [9.17, 15) is 8.42 Å². The Labute approximate surface area is 159 Å². The Bertz CT molecular complexity index is 1040. The van der Waals surface area contributed by atoms with Crippen LogP contribution in [0, 0.1) is 6.92 Å². The SMILES string of the molecule is Cc1cccc(S(=O)(=O)NC2CN(CCOc3cccc4[nH]ccc34)C2)c1. The Morgan fingerprint density at radius 2 is 2.00 bits per heavy atom. The maximum atomic E-state index is 12.4. The zero-order chi connectivity index (χ0) is 18.9. The van der Waals surface area contributed by atoms with Gasteiger partial charge < -0.3 is 9.72 Å². The van der Waals surface area contributed by atoms with Gasteiger partial charge in [0, 0.05) is 42.8 Å². The van der Waals surface area contributed by atoms with E-state index in [1.165, 1.54) is 0 Å². The second-order valence-electron chi connectivity index (χ2n) is 6.94. The number of hydrogen-bond acceptors (Lipinski definition) is 4. The van der Waals surface area contributed by atoms with Crippen LogP contribution in [0.3, 0.4) is 0 Å². The van der Waals surface area contributed by atoms with Crippen LogP contribution >= 0.6 is 0 Å². The van der Waals surface area contributed by atoms with E-state index in [0.717, 1.165) is 28.8 Å². The first kappa shape index (κ1) is 18.0. The minimum Gasteiger partial charge on any atom is -0.492 e. The molecule has 0 amide bonds. The van der Waals surface area contributed by atoms with Gasteiger partial charge in [0.15, 0.2) is 0 Å². The molecule has 0 radical (unpaired) electrons. The highest BCUT2D eigenvalue weighted by atomic mass is 32.2. The number of H-pyrrole nitrogens is 1. The van der Waals surface area contributed by atoms with E-state index in [1.807, 2.05) is 43.5 Å². The molecule has 6 nitrogen and oxygen atoms in total. The molecule has 2 N–H and O–H groups in total. The Morgan fingerprint density at radius 3 is 2.81 bits per heavy atom. The van der Waals surface area contributed by atoms with Crippen molar-refractivity contribution in [2.24, 2.45) is 0 Å². The molecule has 1 saturated heterocycles. The maximum absolute atomic E-state index is 12.4. The fourth-order valence-corrected chi connectivity index (χ4v) is 4.69. The third kappa shape index (κ3) is 4.00. The summed E-state index contributed by atoms with van der Waals surface area (Å²) in [6.07, 6.45) is 1.90. The van der Waals surface area contributed by atoms with E-state index in [1.54, 1.807) is 18.2 Å². The lowest BCUT2D eigenvalue weighted by Gasteiger charge is -2.39. The normalized spacial score (nSPS) is 15.7. The minimum atomic E-state index is -3.46. The van der Waals surface area contributed by atoms with Crippen molar-refractivity contribution in [2.75, 3.05) is 26.2 Å². The number of nitrogens with zero attached hydrogens (tertiary/aromatic N) is 1. The Kier molecular flexibility index (Phi) is 4.90. The fourth-order valence-electron chi connectivity index (χ4n) is 3.36. The van der Waals surface area contributed by atoms with E-state index in [-0.39, 0.29) is 6.04 Å². The number of aromatic nitrogens is 1. The zero-order valence-corrected chi connectivity index (χ0v) is 16.0. The Balaban J connectivity index is 1.25. The van der Waals surface area contributed by atoms with Crippen molar-refractivity contribution in [1.82, 2.24) is 14.6 Å². The topological polar surface area (TPSA) is 74.4 Å². The summed E-state index contributed by atoms with van der Waals surface area (Å²) in [5.41, 5.74) is 1.99. The Morgan fingerprint density at radius 1 is 1.19 bits per heavy atom. The van der Waals surface area contributed by atoms with E-state index in [4.69, 9.17) is 4.74 Å². The summed E-state index contributed by atoms with van der Waals surface area (Å²) in [4.78, 5) is 5.67. The minimum absolute atomic E-state index is 0.0522. The van der Waals surface area contributed by atoms with Gasteiger partial charge in [-0.05, 0) is 42.8 Å². The number of fused-ring (bicyclic) bond motifs is 1. The van der Waals surface area contributed by atoms with Crippen LogP contribution in [0.2, 0.25) is 0 Å². The highest BCUT2D eigenvalue weighted by Gasteiger charge is 2.30. The highest BCUT2D eigenvalue weighted by Crippen LogP contribution is 2.24. The fraction of sp³-hybridized carbons (Fsp3) is 0.300. The molecule has 0 unspecified atom stereocenters. The highest BCUT2D eigenvalue weighted by molar-refractivity contribution is 7.89. The maximum Gasteiger partial charge on any atom is 0.240 e. The van der Waals surface area contributed by atoms with Crippen molar-refractivity contribution >= 4 is 20.9 Å². The largest absolute Gasteiger partial charge is 0.492 e. The molecule has 3 aromatic rings. The lowest BCUT2D eigenvalue weighted by atomic mass is 10.1. The van der Waals surface area contributed by atoms with E-state index in [0.29, 0.717) is 24.6 Å². The van der Waals surface area contributed by atoms with Gasteiger partial charge in [0.1, 0.15) is 12.4 Å². The molecule has 27 heavy (non-hydrogen) atoms. The third-order valence-corrected chi connectivity index (χ3v) is 6.32. The molecular formula is C20H23N3O3S. The average molecular weight is 385 g/mol. The van der Waals surface area contributed by atoms with Gasteiger partial charge in [-0.15, -0.1) is 0 Å². The van der Waals surface area contributed by atoms with Gasteiger partial charge in [-0.1, -0.05) is 18.2 Å². The number of rotatable bonds is 7. The molecule has 1 aromatic heterocycles. The van der Waals surface area contributed by atoms with Crippen LogP contribution in [-0.4, -0.2) is 50.6 Å². The van der Waals surface area contributed by atoms with Crippen LogP contribution in [0.25, 0.3) is 10.9 Å². The van der Waals surface area contributed by atoms with Gasteiger partial charge in [0.05, 0.1) is 4.90 Å². The van der Waals surface area contributed by atoms with Gasteiger partial charge in [0.2, 0.25) is 10.0 Å². The number of aryl methyl sites for hydroxylation is 1. The summed E-state index contributed by atoms with van der Waals surface area (Å²) >= 11 is 0. The third-order valence-electron chi connectivity index (χ3n) is 4.80. The molecule has 2 aromatic carbocycles. The molecule has 1 aliphatic rings. The van der Waals surface area contributed by atoms with Crippen LogP contribution < -0.4 is 9.46 Å². The van der Waals surface area contributed by atoms with Crippen molar-refractivity contribution in [2.45, 2.75) is 17.9 Å². The smallest absolute Gasteiger partial charge is 0.240 e. The predicted molar refractivity (Wildman–Crippen MR) is 106 cm³/mol. The molecule has 2 heterocycles. The number of likely N-dealkylation sites (tertiary alicyclic amines) is 1. The van der Waals surface area contributed by atoms with Gasteiger partial charge in [-0.2, -0.15) is 0 Å². The van der Waals surface area contributed by atoms with Crippen molar-refractivity contribution in [3.05, 3.63) is 60.3 Å². The van der Waals surface area contributed by atoms with Crippen molar-refractivity contribution < 1.29 is 13.2 Å². The van der Waals surface area contributed by atoms with Crippen LogP contribution in [0.4, 0.5) is 0 Å².